The molecule has 20 heavy (non-hydrogen) atoms. The topological polar surface area (TPSA) is 42.4 Å². The zero-order chi connectivity index (χ0) is 13.9. The van der Waals surface area contributed by atoms with Crippen LogP contribution in [0.5, 0.6) is 11.5 Å². The Hall–Kier alpha value is -2.10. The largest absolute Gasteiger partial charge is 0.457 e. The van der Waals surface area contributed by atoms with Gasteiger partial charge < -0.3 is 9.84 Å². The van der Waals surface area contributed by atoms with Crippen molar-refractivity contribution in [3.8, 4) is 11.5 Å². The van der Waals surface area contributed by atoms with Crippen LogP contribution in [-0.2, 0) is 6.61 Å². The first kappa shape index (κ1) is 12.9. The van der Waals surface area contributed by atoms with Crippen molar-refractivity contribution in [3.63, 3.8) is 0 Å². The Bertz CT molecular complexity index is 758. The maximum Gasteiger partial charge on any atom is 0.133 e. The van der Waals surface area contributed by atoms with E-state index in [1.54, 1.807) is 24.4 Å². The summed E-state index contributed by atoms with van der Waals surface area (Å²) in [5.41, 5.74) is 1.52. The van der Waals surface area contributed by atoms with Gasteiger partial charge in [0, 0.05) is 28.2 Å². The van der Waals surface area contributed by atoms with Gasteiger partial charge in [-0.25, -0.2) is 0 Å². The second-order valence-corrected chi connectivity index (χ2v) is 4.81. The molecule has 0 aliphatic rings. The molecule has 3 rings (SSSR count). The van der Waals surface area contributed by atoms with Crippen LogP contribution in [0.4, 0.5) is 0 Å². The van der Waals surface area contributed by atoms with Crippen molar-refractivity contribution in [2.24, 2.45) is 0 Å². The van der Waals surface area contributed by atoms with Crippen molar-refractivity contribution in [2.75, 3.05) is 0 Å². The zero-order valence-electron chi connectivity index (χ0n) is 10.6. The summed E-state index contributed by atoms with van der Waals surface area (Å²) in [4.78, 5) is 4.29. The maximum absolute atomic E-state index is 9.34. The van der Waals surface area contributed by atoms with Gasteiger partial charge in [0.05, 0.1) is 12.1 Å². The molecule has 3 aromatic rings. The smallest absolute Gasteiger partial charge is 0.133 e. The molecule has 0 atom stereocenters. The number of halogens is 1. The first-order valence-corrected chi connectivity index (χ1v) is 6.56. The average Bonchev–Trinajstić information content (AvgIpc) is 2.49. The number of aliphatic hydroxyl groups excluding tert-OH is 1. The predicted molar refractivity (Wildman–Crippen MR) is 79.2 cm³/mol. The van der Waals surface area contributed by atoms with E-state index in [1.165, 1.54) is 0 Å². The van der Waals surface area contributed by atoms with E-state index in [0.717, 1.165) is 10.9 Å². The molecule has 0 unspecified atom stereocenters. The standard InChI is InChI=1S/C16H12ClNO2/c17-13-4-6-16(12(8-13)10-19)20-14-5-3-11-2-1-7-18-15(11)9-14/h1-9,19H,10H2. The minimum Gasteiger partial charge on any atom is -0.457 e. The van der Waals surface area contributed by atoms with E-state index in [2.05, 4.69) is 4.98 Å². The van der Waals surface area contributed by atoms with Crippen LogP contribution in [0.15, 0.2) is 54.7 Å². The van der Waals surface area contributed by atoms with E-state index in [9.17, 15) is 5.11 Å². The van der Waals surface area contributed by atoms with E-state index in [4.69, 9.17) is 16.3 Å². The van der Waals surface area contributed by atoms with Crippen LogP contribution in [0.25, 0.3) is 10.9 Å². The van der Waals surface area contributed by atoms with Gasteiger partial charge >= 0.3 is 0 Å². The van der Waals surface area contributed by atoms with Gasteiger partial charge in [-0.15, -0.1) is 0 Å². The zero-order valence-corrected chi connectivity index (χ0v) is 11.3. The minimum atomic E-state index is -0.123. The van der Waals surface area contributed by atoms with Gasteiger partial charge in [-0.3, -0.25) is 4.98 Å². The van der Waals surface area contributed by atoms with E-state index in [0.29, 0.717) is 22.1 Å². The number of fused-ring (bicyclic) bond motifs is 1. The predicted octanol–water partition coefficient (Wildman–Crippen LogP) is 4.17. The summed E-state index contributed by atoms with van der Waals surface area (Å²) in [7, 11) is 0. The second-order valence-electron chi connectivity index (χ2n) is 4.37. The number of aliphatic hydroxyl groups is 1. The highest BCUT2D eigenvalue weighted by atomic mass is 35.5. The summed E-state index contributed by atoms with van der Waals surface area (Å²) in [6.07, 6.45) is 1.74. The molecular formula is C16H12ClNO2. The van der Waals surface area contributed by atoms with Crippen LogP contribution in [0.2, 0.25) is 5.02 Å². The molecule has 0 fully saturated rings. The molecule has 3 nitrogen and oxygen atoms in total. The fourth-order valence-corrected chi connectivity index (χ4v) is 2.20. The third-order valence-electron chi connectivity index (χ3n) is 3.00. The van der Waals surface area contributed by atoms with Gasteiger partial charge in [0.2, 0.25) is 0 Å². The lowest BCUT2D eigenvalue weighted by Gasteiger charge is -2.10. The van der Waals surface area contributed by atoms with Crippen molar-refractivity contribution in [1.82, 2.24) is 4.98 Å². The molecular weight excluding hydrogens is 274 g/mol. The molecule has 0 bridgehead atoms. The van der Waals surface area contributed by atoms with Gasteiger partial charge in [-0.05, 0) is 36.4 Å². The van der Waals surface area contributed by atoms with Crippen LogP contribution in [0, 0.1) is 0 Å². The van der Waals surface area contributed by atoms with Gasteiger partial charge in [-0.2, -0.15) is 0 Å². The monoisotopic (exact) mass is 285 g/mol. The van der Waals surface area contributed by atoms with Crippen LogP contribution in [0.3, 0.4) is 0 Å². The maximum atomic E-state index is 9.34. The quantitative estimate of drug-likeness (QED) is 0.785. The van der Waals surface area contributed by atoms with E-state index in [1.807, 2.05) is 30.3 Å². The van der Waals surface area contributed by atoms with Gasteiger partial charge in [0.1, 0.15) is 11.5 Å². The van der Waals surface area contributed by atoms with E-state index >= 15 is 0 Å². The first-order valence-electron chi connectivity index (χ1n) is 6.18. The molecule has 4 heteroatoms. The van der Waals surface area contributed by atoms with E-state index in [-0.39, 0.29) is 6.61 Å². The SMILES string of the molecule is OCc1cc(Cl)ccc1Oc1ccc2cccnc2c1. The normalized spacial score (nSPS) is 10.7. The number of pyridine rings is 1. The van der Waals surface area contributed by atoms with Crippen molar-refractivity contribution in [1.29, 1.82) is 0 Å². The van der Waals surface area contributed by atoms with Crippen LogP contribution >= 0.6 is 11.6 Å². The Labute approximate surface area is 121 Å². The fraction of sp³-hybridized carbons (Fsp3) is 0.0625. The summed E-state index contributed by atoms with van der Waals surface area (Å²) < 4.78 is 5.80. The summed E-state index contributed by atoms with van der Waals surface area (Å²) in [5, 5.41) is 11.0. The van der Waals surface area contributed by atoms with E-state index < -0.39 is 0 Å². The molecule has 0 saturated carbocycles. The first-order chi connectivity index (χ1) is 9.76. The second kappa shape index (κ2) is 5.49. The summed E-state index contributed by atoms with van der Waals surface area (Å²) in [5.74, 6) is 1.26. The Morgan fingerprint density at radius 1 is 1.10 bits per heavy atom. The van der Waals surface area contributed by atoms with Crippen molar-refractivity contribution in [2.45, 2.75) is 6.61 Å². The molecule has 2 aromatic carbocycles. The van der Waals surface area contributed by atoms with Crippen LogP contribution in [-0.4, -0.2) is 10.1 Å². The summed E-state index contributed by atoms with van der Waals surface area (Å²) >= 11 is 5.90. The molecule has 1 aromatic heterocycles. The molecule has 0 radical (unpaired) electrons. The molecule has 100 valence electrons. The number of hydrogen-bond acceptors (Lipinski definition) is 3. The Balaban J connectivity index is 1.96. The number of aromatic nitrogens is 1. The lowest BCUT2D eigenvalue weighted by Crippen LogP contribution is -1.92. The highest BCUT2D eigenvalue weighted by Gasteiger charge is 2.06. The lowest BCUT2D eigenvalue weighted by atomic mass is 10.2. The molecule has 1 heterocycles. The Morgan fingerprint density at radius 3 is 2.85 bits per heavy atom. The number of ether oxygens (including phenoxy) is 1. The Morgan fingerprint density at radius 2 is 2.00 bits per heavy atom. The molecule has 1 N–H and O–H groups in total. The van der Waals surface area contributed by atoms with Gasteiger partial charge in [-0.1, -0.05) is 17.7 Å². The molecule has 0 aliphatic carbocycles. The number of hydrogen-bond donors (Lipinski definition) is 1. The third-order valence-corrected chi connectivity index (χ3v) is 3.23. The van der Waals surface area contributed by atoms with Gasteiger partial charge in [0.25, 0.3) is 0 Å². The van der Waals surface area contributed by atoms with Crippen LogP contribution < -0.4 is 4.74 Å². The van der Waals surface area contributed by atoms with Crippen molar-refractivity contribution < 1.29 is 9.84 Å². The highest BCUT2D eigenvalue weighted by molar-refractivity contribution is 6.30. The third kappa shape index (κ3) is 2.59. The summed E-state index contributed by atoms with van der Waals surface area (Å²) in [6, 6.07) is 14.7. The molecule has 0 spiro atoms. The van der Waals surface area contributed by atoms with Gasteiger partial charge in [0.15, 0.2) is 0 Å². The van der Waals surface area contributed by atoms with Crippen molar-refractivity contribution >= 4 is 22.5 Å². The Kier molecular flexibility index (Phi) is 3.54. The molecule has 0 aliphatic heterocycles. The minimum absolute atomic E-state index is 0.123. The molecule has 0 amide bonds. The highest BCUT2D eigenvalue weighted by Crippen LogP contribution is 2.29. The average molecular weight is 286 g/mol. The lowest BCUT2D eigenvalue weighted by molar-refractivity contribution is 0.276. The molecule has 0 saturated heterocycles. The number of nitrogens with zero attached hydrogens (tertiary/aromatic N) is 1. The summed E-state index contributed by atoms with van der Waals surface area (Å²) in [6.45, 7) is -0.123. The number of benzene rings is 2. The van der Waals surface area contributed by atoms with Crippen molar-refractivity contribution in [3.05, 3.63) is 65.3 Å². The number of rotatable bonds is 3. The fourth-order valence-electron chi connectivity index (χ4n) is 2.01. The van der Waals surface area contributed by atoms with Crippen LogP contribution in [0.1, 0.15) is 5.56 Å².